The first-order valence-electron chi connectivity index (χ1n) is 5.72. The maximum absolute atomic E-state index is 11.8. The molecule has 1 heterocycles. The van der Waals surface area contributed by atoms with E-state index in [2.05, 4.69) is 11.4 Å². The zero-order valence-corrected chi connectivity index (χ0v) is 10.2. The molecule has 1 aromatic carbocycles. The van der Waals surface area contributed by atoms with Crippen molar-refractivity contribution >= 4 is 11.6 Å². The second-order valence-corrected chi connectivity index (χ2v) is 4.96. The molecule has 1 aliphatic heterocycles. The lowest BCUT2D eigenvalue weighted by molar-refractivity contribution is -0.123. The fourth-order valence-electron chi connectivity index (χ4n) is 2.04. The Kier molecular flexibility index (Phi) is 3.17. The van der Waals surface area contributed by atoms with Crippen LogP contribution < -0.4 is 11.1 Å². The molecule has 0 atom stereocenters. The maximum atomic E-state index is 11.8. The smallest absolute Gasteiger partial charge is 0.226 e. The molecular weight excluding hydrogens is 216 g/mol. The zero-order chi connectivity index (χ0) is 12.5. The Balaban J connectivity index is 1.98. The zero-order valence-electron chi connectivity index (χ0n) is 10.2. The van der Waals surface area contributed by atoms with Crippen LogP contribution >= 0.6 is 0 Å². The van der Waals surface area contributed by atoms with Gasteiger partial charge in [-0.3, -0.25) is 4.79 Å². The number of rotatable bonds is 3. The quantitative estimate of drug-likeness (QED) is 0.830. The van der Waals surface area contributed by atoms with Gasteiger partial charge in [0.15, 0.2) is 0 Å². The molecule has 4 nitrogen and oxygen atoms in total. The summed E-state index contributed by atoms with van der Waals surface area (Å²) in [6.07, 6.45) is 0.306. The van der Waals surface area contributed by atoms with Crippen LogP contribution in [0.4, 0.5) is 5.69 Å². The molecular formula is C13H18N2O2. The molecule has 1 amide bonds. The molecule has 1 aromatic rings. The summed E-state index contributed by atoms with van der Waals surface area (Å²) in [7, 11) is 0. The Morgan fingerprint density at radius 3 is 2.41 bits per heavy atom. The minimum Gasteiger partial charge on any atom is -0.377 e. The summed E-state index contributed by atoms with van der Waals surface area (Å²) in [4.78, 5) is 11.8. The fourth-order valence-corrected chi connectivity index (χ4v) is 2.04. The number of anilines is 1. The number of carbonyl (C=O) groups excluding carboxylic acids is 1. The van der Waals surface area contributed by atoms with Crippen molar-refractivity contribution in [2.24, 2.45) is 5.73 Å². The molecule has 17 heavy (non-hydrogen) atoms. The summed E-state index contributed by atoms with van der Waals surface area (Å²) < 4.78 is 5.02. The highest BCUT2D eigenvalue weighted by Gasteiger charge is 2.36. The Labute approximate surface area is 101 Å². The van der Waals surface area contributed by atoms with Crippen molar-refractivity contribution in [1.29, 1.82) is 0 Å². The molecule has 0 bridgehead atoms. The lowest BCUT2D eigenvalue weighted by Crippen LogP contribution is -2.58. The first kappa shape index (κ1) is 12.1. The van der Waals surface area contributed by atoms with Gasteiger partial charge in [-0.2, -0.15) is 0 Å². The van der Waals surface area contributed by atoms with Crippen LogP contribution in [0.2, 0.25) is 0 Å². The standard InChI is InChI=1S/C13H18N2O2/c1-9-3-10(2)5-11(4-9)15-12(16)6-13(14)7-17-8-13/h3-5H,6-8,14H2,1-2H3,(H,15,16). The first-order valence-corrected chi connectivity index (χ1v) is 5.72. The normalized spacial score (nSPS) is 17.4. The highest BCUT2D eigenvalue weighted by Crippen LogP contribution is 2.19. The molecule has 0 unspecified atom stereocenters. The van der Waals surface area contributed by atoms with Crippen molar-refractivity contribution in [3.63, 3.8) is 0 Å². The molecule has 0 radical (unpaired) electrons. The van der Waals surface area contributed by atoms with Crippen LogP contribution in [-0.2, 0) is 9.53 Å². The van der Waals surface area contributed by atoms with Crippen molar-refractivity contribution in [3.05, 3.63) is 29.3 Å². The number of hydrogen-bond donors (Lipinski definition) is 2. The van der Waals surface area contributed by atoms with Crippen molar-refractivity contribution in [2.45, 2.75) is 25.8 Å². The van der Waals surface area contributed by atoms with Crippen LogP contribution in [0.5, 0.6) is 0 Å². The summed E-state index contributed by atoms with van der Waals surface area (Å²) in [5.74, 6) is -0.0548. The van der Waals surface area contributed by atoms with E-state index in [0.717, 1.165) is 16.8 Å². The first-order chi connectivity index (χ1) is 7.97. The molecule has 1 fully saturated rings. The summed E-state index contributed by atoms with van der Waals surface area (Å²) in [6, 6.07) is 5.97. The summed E-state index contributed by atoms with van der Waals surface area (Å²) >= 11 is 0. The minimum absolute atomic E-state index is 0.0548. The van der Waals surface area contributed by atoms with Crippen LogP contribution in [0.1, 0.15) is 17.5 Å². The van der Waals surface area contributed by atoms with E-state index >= 15 is 0 Å². The highest BCUT2D eigenvalue weighted by molar-refractivity contribution is 5.91. The Morgan fingerprint density at radius 2 is 1.94 bits per heavy atom. The van der Waals surface area contributed by atoms with Gasteiger partial charge in [0.05, 0.1) is 18.8 Å². The number of hydrogen-bond acceptors (Lipinski definition) is 3. The minimum atomic E-state index is -0.469. The van der Waals surface area contributed by atoms with Gasteiger partial charge in [-0.25, -0.2) is 0 Å². The predicted octanol–water partition coefficient (Wildman–Crippen LogP) is 1.36. The maximum Gasteiger partial charge on any atom is 0.226 e. The van der Waals surface area contributed by atoms with Gasteiger partial charge in [-0.05, 0) is 37.1 Å². The van der Waals surface area contributed by atoms with Gasteiger partial charge in [0.1, 0.15) is 0 Å². The monoisotopic (exact) mass is 234 g/mol. The van der Waals surface area contributed by atoms with Crippen molar-refractivity contribution in [2.75, 3.05) is 18.5 Å². The largest absolute Gasteiger partial charge is 0.377 e. The van der Waals surface area contributed by atoms with Crippen LogP contribution in [0.15, 0.2) is 18.2 Å². The summed E-state index contributed by atoms with van der Waals surface area (Å²) in [5, 5.41) is 2.87. The lowest BCUT2D eigenvalue weighted by atomic mass is 9.94. The molecule has 92 valence electrons. The van der Waals surface area contributed by atoms with Gasteiger partial charge < -0.3 is 15.8 Å². The summed E-state index contributed by atoms with van der Waals surface area (Å²) in [6.45, 7) is 4.94. The van der Waals surface area contributed by atoms with Crippen LogP contribution in [0, 0.1) is 13.8 Å². The van der Waals surface area contributed by atoms with Crippen molar-refractivity contribution in [1.82, 2.24) is 0 Å². The molecule has 0 saturated carbocycles. The molecule has 1 saturated heterocycles. The van der Waals surface area contributed by atoms with E-state index in [0.29, 0.717) is 19.6 Å². The third-order valence-corrected chi connectivity index (χ3v) is 2.80. The average Bonchev–Trinajstić information content (AvgIpc) is 2.12. The molecule has 3 N–H and O–H groups in total. The Morgan fingerprint density at radius 1 is 1.35 bits per heavy atom. The highest BCUT2D eigenvalue weighted by atomic mass is 16.5. The summed E-state index contributed by atoms with van der Waals surface area (Å²) in [5.41, 5.74) is 8.56. The predicted molar refractivity (Wildman–Crippen MR) is 66.9 cm³/mol. The van der Waals surface area contributed by atoms with E-state index in [1.807, 2.05) is 26.0 Å². The number of benzene rings is 1. The number of aryl methyl sites for hydroxylation is 2. The average molecular weight is 234 g/mol. The van der Waals surface area contributed by atoms with E-state index in [-0.39, 0.29) is 5.91 Å². The van der Waals surface area contributed by atoms with Gasteiger partial charge in [0.2, 0.25) is 5.91 Å². The number of ether oxygens (including phenoxy) is 1. The topological polar surface area (TPSA) is 64.4 Å². The van der Waals surface area contributed by atoms with Crippen molar-refractivity contribution < 1.29 is 9.53 Å². The van der Waals surface area contributed by atoms with Crippen LogP contribution in [0.3, 0.4) is 0 Å². The van der Waals surface area contributed by atoms with E-state index in [4.69, 9.17) is 10.5 Å². The molecule has 4 heteroatoms. The Hall–Kier alpha value is -1.39. The third-order valence-electron chi connectivity index (χ3n) is 2.80. The second-order valence-electron chi connectivity index (χ2n) is 4.96. The van der Waals surface area contributed by atoms with Crippen LogP contribution in [0.25, 0.3) is 0 Å². The lowest BCUT2D eigenvalue weighted by Gasteiger charge is -2.37. The third kappa shape index (κ3) is 3.05. The van der Waals surface area contributed by atoms with Gasteiger partial charge in [-0.1, -0.05) is 6.07 Å². The Bertz CT molecular complexity index is 419. The van der Waals surface area contributed by atoms with E-state index in [1.165, 1.54) is 0 Å². The number of carbonyl (C=O) groups is 1. The molecule has 1 aliphatic rings. The van der Waals surface area contributed by atoms with E-state index < -0.39 is 5.54 Å². The number of amides is 1. The van der Waals surface area contributed by atoms with Crippen molar-refractivity contribution in [3.8, 4) is 0 Å². The molecule has 0 aromatic heterocycles. The second kappa shape index (κ2) is 4.47. The molecule has 0 spiro atoms. The van der Waals surface area contributed by atoms with Crippen LogP contribution in [-0.4, -0.2) is 24.7 Å². The van der Waals surface area contributed by atoms with Gasteiger partial charge in [0, 0.05) is 12.1 Å². The van der Waals surface area contributed by atoms with Gasteiger partial charge in [-0.15, -0.1) is 0 Å². The van der Waals surface area contributed by atoms with Gasteiger partial charge in [0.25, 0.3) is 0 Å². The molecule has 2 rings (SSSR count). The number of nitrogens with two attached hydrogens (primary N) is 1. The van der Waals surface area contributed by atoms with E-state index in [1.54, 1.807) is 0 Å². The fraction of sp³-hybridized carbons (Fsp3) is 0.462. The van der Waals surface area contributed by atoms with Gasteiger partial charge >= 0.3 is 0 Å². The van der Waals surface area contributed by atoms with E-state index in [9.17, 15) is 4.79 Å². The SMILES string of the molecule is Cc1cc(C)cc(NC(=O)CC2(N)COC2)c1. The molecule has 0 aliphatic carbocycles. The number of nitrogens with one attached hydrogen (secondary N) is 1.